The van der Waals surface area contributed by atoms with E-state index in [-0.39, 0.29) is 5.92 Å². The third-order valence-corrected chi connectivity index (χ3v) is 3.44. The van der Waals surface area contributed by atoms with E-state index in [2.05, 4.69) is 12.2 Å². The summed E-state index contributed by atoms with van der Waals surface area (Å²) in [5, 5.41) is 12.0. The van der Waals surface area contributed by atoms with Crippen LogP contribution in [0.15, 0.2) is 0 Å². The zero-order valence-corrected chi connectivity index (χ0v) is 9.83. The summed E-state index contributed by atoms with van der Waals surface area (Å²) in [6.07, 6.45) is 5.27. The number of aliphatic carboxylic acids is 1. The van der Waals surface area contributed by atoms with Crippen molar-refractivity contribution >= 4 is 5.97 Å². The van der Waals surface area contributed by atoms with Gasteiger partial charge in [0.2, 0.25) is 0 Å². The van der Waals surface area contributed by atoms with E-state index in [0.29, 0.717) is 6.54 Å². The Balaban J connectivity index is 2.07. The molecule has 0 aromatic carbocycles. The summed E-state index contributed by atoms with van der Waals surface area (Å²) in [6.45, 7) is 5.65. The summed E-state index contributed by atoms with van der Waals surface area (Å²) in [7, 11) is 0. The van der Waals surface area contributed by atoms with E-state index < -0.39 is 5.97 Å². The first-order chi connectivity index (χ1) is 7.09. The van der Waals surface area contributed by atoms with Gasteiger partial charge < -0.3 is 10.4 Å². The van der Waals surface area contributed by atoms with Crippen LogP contribution in [0.3, 0.4) is 0 Å². The minimum absolute atomic E-state index is 0.271. The summed E-state index contributed by atoms with van der Waals surface area (Å²) >= 11 is 0. The molecule has 1 fully saturated rings. The monoisotopic (exact) mass is 213 g/mol. The Morgan fingerprint density at radius 1 is 1.40 bits per heavy atom. The molecule has 1 atom stereocenters. The van der Waals surface area contributed by atoms with E-state index in [1.165, 1.54) is 25.7 Å². The highest BCUT2D eigenvalue weighted by Crippen LogP contribution is 2.27. The SMILES string of the molecule is CC1CCC(CNCC(C)C(=O)O)CC1. The zero-order valence-electron chi connectivity index (χ0n) is 9.83. The molecule has 0 aromatic rings. The van der Waals surface area contributed by atoms with E-state index in [4.69, 9.17) is 5.11 Å². The molecule has 2 N–H and O–H groups in total. The molecule has 1 saturated carbocycles. The fourth-order valence-electron chi connectivity index (χ4n) is 2.12. The lowest BCUT2D eigenvalue weighted by Gasteiger charge is -2.26. The first kappa shape index (κ1) is 12.5. The molecule has 0 aliphatic heterocycles. The van der Waals surface area contributed by atoms with Crippen molar-refractivity contribution in [3.05, 3.63) is 0 Å². The first-order valence-electron chi connectivity index (χ1n) is 6.03. The lowest BCUT2D eigenvalue weighted by Crippen LogP contribution is -2.31. The molecule has 0 heterocycles. The van der Waals surface area contributed by atoms with Gasteiger partial charge in [0.25, 0.3) is 0 Å². The van der Waals surface area contributed by atoms with Crippen molar-refractivity contribution in [1.82, 2.24) is 5.32 Å². The van der Waals surface area contributed by atoms with Crippen molar-refractivity contribution in [1.29, 1.82) is 0 Å². The van der Waals surface area contributed by atoms with Gasteiger partial charge in [0, 0.05) is 6.54 Å². The molecule has 1 rings (SSSR count). The summed E-state index contributed by atoms with van der Waals surface area (Å²) < 4.78 is 0. The highest BCUT2D eigenvalue weighted by atomic mass is 16.4. The number of nitrogens with one attached hydrogen (secondary N) is 1. The molecule has 3 nitrogen and oxygen atoms in total. The number of carbonyl (C=O) groups is 1. The quantitative estimate of drug-likeness (QED) is 0.735. The van der Waals surface area contributed by atoms with Gasteiger partial charge in [0.1, 0.15) is 0 Å². The molecule has 88 valence electrons. The van der Waals surface area contributed by atoms with E-state index in [9.17, 15) is 4.79 Å². The van der Waals surface area contributed by atoms with Gasteiger partial charge in [-0.2, -0.15) is 0 Å². The van der Waals surface area contributed by atoms with Crippen molar-refractivity contribution < 1.29 is 9.90 Å². The molecule has 0 amide bonds. The molecular formula is C12H23NO2. The number of hydrogen-bond acceptors (Lipinski definition) is 2. The highest BCUT2D eigenvalue weighted by Gasteiger charge is 2.18. The number of carboxylic acids is 1. The van der Waals surface area contributed by atoms with Gasteiger partial charge in [0.15, 0.2) is 0 Å². The molecule has 0 radical (unpaired) electrons. The normalized spacial score (nSPS) is 28.7. The second kappa shape index (κ2) is 6.11. The van der Waals surface area contributed by atoms with Crippen molar-refractivity contribution in [2.75, 3.05) is 13.1 Å². The molecule has 1 unspecified atom stereocenters. The molecule has 0 spiro atoms. The van der Waals surface area contributed by atoms with Crippen molar-refractivity contribution in [2.24, 2.45) is 17.8 Å². The lowest BCUT2D eigenvalue weighted by atomic mass is 9.83. The van der Waals surface area contributed by atoms with E-state index in [1.807, 2.05) is 0 Å². The topological polar surface area (TPSA) is 49.3 Å². The van der Waals surface area contributed by atoms with Crippen molar-refractivity contribution in [3.63, 3.8) is 0 Å². The third-order valence-electron chi connectivity index (χ3n) is 3.44. The van der Waals surface area contributed by atoms with Gasteiger partial charge in [-0.05, 0) is 31.2 Å². The Hall–Kier alpha value is -0.570. The van der Waals surface area contributed by atoms with E-state index >= 15 is 0 Å². The summed E-state index contributed by atoms with van der Waals surface area (Å²) in [6, 6.07) is 0. The first-order valence-corrected chi connectivity index (χ1v) is 6.03. The molecule has 3 heteroatoms. The maximum absolute atomic E-state index is 10.6. The van der Waals surface area contributed by atoms with Crippen LogP contribution in [0.5, 0.6) is 0 Å². The summed E-state index contributed by atoms with van der Waals surface area (Å²) in [5.41, 5.74) is 0. The van der Waals surface area contributed by atoms with Crippen LogP contribution in [0.4, 0.5) is 0 Å². The molecule has 0 bridgehead atoms. The second-order valence-corrected chi connectivity index (χ2v) is 5.02. The van der Waals surface area contributed by atoms with Crippen LogP contribution in [0.25, 0.3) is 0 Å². The van der Waals surface area contributed by atoms with Gasteiger partial charge in [-0.1, -0.05) is 26.7 Å². The Labute approximate surface area is 92.3 Å². The van der Waals surface area contributed by atoms with Gasteiger partial charge in [-0.3, -0.25) is 4.79 Å². The molecule has 0 aromatic heterocycles. The van der Waals surface area contributed by atoms with Gasteiger partial charge in [0.05, 0.1) is 5.92 Å². The Bertz CT molecular complexity index is 198. The van der Waals surface area contributed by atoms with Crippen LogP contribution in [0, 0.1) is 17.8 Å². The molecular weight excluding hydrogens is 190 g/mol. The number of hydrogen-bond donors (Lipinski definition) is 2. The average Bonchev–Trinajstić information content (AvgIpc) is 2.20. The maximum atomic E-state index is 10.6. The Morgan fingerprint density at radius 2 is 2.00 bits per heavy atom. The predicted octanol–water partition coefficient (Wildman–Crippen LogP) is 2.12. The number of carboxylic acid groups (broad SMARTS) is 1. The van der Waals surface area contributed by atoms with Crippen LogP contribution in [-0.4, -0.2) is 24.2 Å². The molecule has 1 aliphatic rings. The average molecular weight is 213 g/mol. The van der Waals surface area contributed by atoms with Crippen molar-refractivity contribution in [2.45, 2.75) is 39.5 Å². The summed E-state index contributed by atoms with van der Waals surface area (Å²) in [4.78, 5) is 10.6. The lowest BCUT2D eigenvalue weighted by molar-refractivity contribution is -0.140. The van der Waals surface area contributed by atoms with Gasteiger partial charge in [-0.15, -0.1) is 0 Å². The van der Waals surface area contributed by atoms with Gasteiger partial charge in [-0.25, -0.2) is 0 Å². The molecule has 0 saturated heterocycles. The minimum Gasteiger partial charge on any atom is -0.481 e. The van der Waals surface area contributed by atoms with Crippen LogP contribution in [0.2, 0.25) is 0 Å². The number of rotatable bonds is 5. The minimum atomic E-state index is -0.709. The highest BCUT2D eigenvalue weighted by molar-refractivity contribution is 5.69. The second-order valence-electron chi connectivity index (χ2n) is 5.02. The van der Waals surface area contributed by atoms with E-state index in [1.54, 1.807) is 6.92 Å². The molecule has 15 heavy (non-hydrogen) atoms. The van der Waals surface area contributed by atoms with Crippen LogP contribution >= 0.6 is 0 Å². The zero-order chi connectivity index (χ0) is 11.3. The fourth-order valence-corrected chi connectivity index (χ4v) is 2.12. The fraction of sp³-hybridized carbons (Fsp3) is 0.917. The standard InChI is InChI=1S/C12H23NO2/c1-9-3-5-11(6-4-9)8-13-7-10(2)12(14)15/h9-11,13H,3-8H2,1-2H3,(H,14,15). The predicted molar refractivity (Wildman–Crippen MR) is 60.8 cm³/mol. The van der Waals surface area contributed by atoms with Gasteiger partial charge >= 0.3 is 5.97 Å². The maximum Gasteiger partial charge on any atom is 0.307 e. The molecule has 1 aliphatic carbocycles. The van der Waals surface area contributed by atoms with Crippen LogP contribution in [-0.2, 0) is 4.79 Å². The van der Waals surface area contributed by atoms with E-state index in [0.717, 1.165) is 18.4 Å². The summed E-state index contributed by atoms with van der Waals surface area (Å²) in [5.74, 6) is 0.675. The van der Waals surface area contributed by atoms with Crippen molar-refractivity contribution in [3.8, 4) is 0 Å². The third kappa shape index (κ3) is 4.65. The smallest absolute Gasteiger partial charge is 0.307 e. The Morgan fingerprint density at radius 3 is 2.53 bits per heavy atom. The largest absolute Gasteiger partial charge is 0.481 e. The van der Waals surface area contributed by atoms with Crippen LogP contribution in [0.1, 0.15) is 39.5 Å². The van der Waals surface area contributed by atoms with Crippen LogP contribution < -0.4 is 5.32 Å². The Kier molecular flexibility index (Phi) is 5.09.